The minimum Gasteiger partial charge on any atom is -0.497 e. The van der Waals surface area contributed by atoms with E-state index in [1.165, 1.54) is 11.1 Å². The minimum absolute atomic E-state index is 0.306. The Bertz CT molecular complexity index is 379. The lowest BCUT2D eigenvalue weighted by atomic mass is 9.80. The van der Waals surface area contributed by atoms with Gasteiger partial charge in [-0.1, -0.05) is 26.8 Å². The van der Waals surface area contributed by atoms with E-state index >= 15 is 0 Å². The summed E-state index contributed by atoms with van der Waals surface area (Å²) in [6.45, 7) is 7.84. The summed E-state index contributed by atoms with van der Waals surface area (Å²) in [5, 5.41) is 3.61. The Labute approximate surface area is 98.0 Å². The number of benzene rings is 1. The van der Waals surface area contributed by atoms with E-state index in [9.17, 15) is 0 Å². The van der Waals surface area contributed by atoms with Crippen molar-refractivity contribution in [1.29, 1.82) is 0 Å². The lowest BCUT2D eigenvalue weighted by Crippen LogP contribution is -2.44. The topological polar surface area (TPSA) is 21.3 Å². The average Bonchev–Trinajstić information content (AvgIpc) is 2.26. The van der Waals surface area contributed by atoms with Gasteiger partial charge in [0.1, 0.15) is 5.75 Å². The Kier molecular flexibility index (Phi) is 2.94. The number of fused-ring (bicyclic) bond motifs is 1. The second-order valence-corrected chi connectivity index (χ2v) is 5.64. The van der Waals surface area contributed by atoms with Gasteiger partial charge in [-0.05, 0) is 35.1 Å². The second-order valence-electron chi connectivity index (χ2n) is 5.64. The van der Waals surface area contributed by atoms with Crippen molar-refractivity contribution >= 4 is 0 Å². The van der Waals surface area contributed by atoms with Crippen LogP contribution in [-0.2, 0) is 13.0 Å². The molecule has 2 rings (SSSR count). The van der Waals surface area contributed by atoms with Crippen molar-refractivity contribution in [2.75, 3.05) is 7.11 Å². The van der Waals surface area contributed by atoms with Crippen LogP contribution in [0.4, 0.5) is 0 Å². The second kappa shape index (κ2) is 4.10. The summed E-state index contributed by atoms with van der Waals surface area (Å²) >= 11 is 0. The first-order valence-corrected chi connectivity index (χ1v) is 5.90. The molecule has 0 bridgehead atoms. The zero-order valence-corrected chi connectivity index (χ0v) is 10.6. The SMILES string of the molecule is COc1ccc2c(c1)CC(C(C)(C)C)NC2. The molecule has 0 aromatic heterocycles. The molecule has 2 nitrogen and oxygen atoms in total. The van der Waals surface area contributed by atoms with Crippen LogP contribution in [0.15, 0.2) is 18.2 Å². The molecular weight excluding hydrogens is 198 g/mol. The van der Waals surface area contributed by atoms with Crippen LogP contribution in [0.2, 0.25) is 0 Å². The van der Waals surface area contributed by atoms with Gasteiger partial charge in [0.25, 0.3) is 0 Å². The third kappa shape index (κ3) is 2.22. The fourth-order valence-electron chi connectivity index (χ4n) is 2.23. The van der Waals surface area contributed by atoms with Gasteiger partial charge in [-0.2, -0.15) is 0 Å². The molecule has 0 saturated heterocycles. The van der Waals surface area contributed by atoms with Gasteiger partial charge in [0, 0.05) is 12.6 Å². The van der Waals surface area contributed by atoms with Crippen molar-refractivity contribution in [1.82, 2.24) is 5.32 Å². The van der Waals surface area contributed by atoms with Crippen LogP contribution >= 0.6 is 0 Å². The first-order chi connectivity index (χ1) is 7.50. The molecule has 1 heterocycles. The molecule has 0 spiro atoms. The third-order valence-electron chi connectivity index (χ3n) is 3.42. The van der Waals surface area contributed by atoms with Gasteiger partial charge in [-0.15, -0.1) is 0 Å². The van der Waals surface area contributed by atoms with Gasteiger partial charge in [0.05, 0.1) is 7.11 Å². The van der Waals surface area contributed by atoms with E-state index in [1.807, 2.05) is 6.07 Å². The fourth-order valence-corrected chi connectivity index (χ4v) is 2.23. The summed E-state index contributed by atoms with van der Waals surface area (Å²) in [5.41, 5.74) is 3.14. The molecule has 1 aliphatic heterocycles. The number of rotatable bonds is 1. The molecule has 0 saturated carbocycles. The van der Waals surface area contributed by atoms with E-state index in [0.29, 0.717) is 11.5 Å². The minimum atomic E-state index is 0.306. The molecule has 0 amide bonds. The monoisotopic (exact) mass is 219 g/mol. The van der Waals surface area contributed by atoms with Crippen molar-refractivity contribution in [2.24, 2.45) is 5.41 Å². The predicted octanol–water partition coefficient (Wildman–Crippen LogP) is 2.76. The van der Waals surface area contributed by atoms with E-state index in [2.05, 4.69) is 38.2 Å². The average molecular weight is 219 g/mol. The van der Waals surface area contributed by atoms with Crippen molar-refractivity contribution in [3.8, 4) is 5.75 Å². The maximum absolute atomic E-state index is 5.28. The zero-order valence-electron chi connectivity index (χ0n) is 10.6. The van der Waals surface area contributed by atoms with Crippen molar-refractivity contribution in [2.45, 2.75) is 39.8 Å². The first kappa shape index (κ1) is 11.5. The lowest BCUT2D eigenvalue weighted by Gasteiger charge is -2.36. The van der Waals surface area contributed by atoms with Crippen LogP contribution in [0.5, 0.6) is 5.75 Å². The Morgan fingerprint density at radius 3 is 2.62 bits per heavy atom. The number of hydrogen-bond donors (Lipinski definition) is 1. The van der Waals surface area contributed by atoms with E-state index < -0.39 is 0 Å². The van der Waals surface area contributed by atoms with Crippen LogP contribution in [-0.4, -0.2) is 13.2 Å². The number of hydrogen-bond acceptors (Lipinski definition) is 2. The molecule has 16 heavy (non-hydrogen) atoms. The highest BCUT2D eigenvalue weighted by atomic mass is 16.5. The normalized spacial score (nSPS) is 20.4. The summed E-state index contributed by atoms with van der Waals surface area (Å²) < 4.78 is 5.28. The molecule has 0 radical (unpaired) electrons. The summed E-state index contributed by atoms with van der Waals surface area (Å²) in [4.78, 5) is 0. The highest BCUT2D eigenvalue weighted by Crippen LogP contribution is 2.29. The predicted molar refractivity (Wildman–Crippen MR) is 66.8 cm³/mol. The van der Waals surface area contributed by atoms with Gasteiger partial charge in [0.2, 0.25) is 0 Å². The van der Waals surface area contributed by atoms with Crippen molar-refractivity contribution in [3.05, 3.63) is 29.3 Å². The Morgan fingerprint density at radius 2 is 2.00 bits per heavy atom. The third-order valence-corrected chi connectivity index (χ3v) is 3.42. The molecule has 88 valence electrons. The number of ether oxygens (including phenoxy) is 1. The molecule has 0 aliphatic carbocycles. The Hall–Kier alpha value is -1.02. The Morgan fingerprint density at radius 1 is 1.25 bits per heavy atom. The number of nitrogens with one attached hydrogen (secondary N) is 1. The van der Waals surface area contributed by atoms with Gasteiger partial charge in [0.15, 0.2) is 0 Å². The molecule has 1 aromatic carbocycles. The maximum Gasteiger partial charge on any atom is 0.119 e. The molecule has 0 fully saturated rings. The highest BCUT2D eigenvalue weighted by Gasteiger charge is 2.28. The van der Waals surface area contributed by atoms with Crippen LogP contribution in [0.1, 0.15) is 31.9 Å². The largest absolute Gasteiger partial charge is 0.497 e. The maximum atomic E-state index is 5.28. The van der Waals surface area contributed by atoms with Crippen LogP contribution in [0, 0.1) is 5.41 Å². The number of methoxy groups -OCH3 is 1. The van der Waals surface area contributed by atoms with Crippen LogP contribution in [0.25, 0.3) is 0 Å². The van der Waals surface area contributed by atoms with E-state index in [0.717, 1.165) is 18.7 Å². The molecule has 1 unspecified atom stereocenters. The molecule has 1 aliphatic rings. The van der Waals surface area contributed by atoms with Gasteiger partial charge in [-0.25, -0.2) is 0 Å². The highest BCUT2D eigenvalue weighted by molar-refractivity contribution is 5.37. The van der Waals surface area contributed by atoms with Crippen LogP contribution < -0.4 is 10.1 Å². The zero-order chi connectivity index (χ0) is 11.8. The van der Waals surface area contributed by atoms with Crippen molar-refractivity contribution in [3.63, 3.8) is 0 Å². The van der Waals surface area contributed by atoms with Crippen molar-refractivity contribution < 1.29 is 4.74 Å². The first-order valence-electron chi connectivity index (χ1n) is 5.90. The molecule has 1 aromatic rings. The standard InChI is InChI=1S/C14H21NO/c1-14(2,3)13-8-11-7-12(16-4)6-5-10(11)9-15-13/h5-7,13,15H,8-9H2,1-4H3. The van der Waals surface area contributed by atoms with E-state index in [-0.39, 0.29) is 0 Å². The Balaban J connectivity index is 2.25. The summed E-state index contributed by atoms with van der Waals surface area (Å²) in [7, 11) is 1.73. The van der Waals surface area contributed by atoms with Crippen LogP contribution in [0.3, 0.4) is 0 Å². The molecule has 1 N–H and O–H groups in total. The van der Waals surface area contributed by atoms with Gasteiger partial charge < -0.3 is 10.1 Å². The lowest BCUT2D eigenvalue weighted by molar-refractivity contribution is 0.254. The molecular formula is C14H21NO. The summed E-state index contributed by atoms with van der Waals surface area (Å²) in [6.07, 6.45) is 1.09. The summed E-state index contributed by atoms with van der Waals surface area (Å²) in [5.74, 6) is 0.966. The summed E-state index contributed by atoms with van der Waals surface area (Å²) in [6, 6.07) is 6.93. The quantitative estimate of drug-likeness (QED) is 0.784. The van der Waals surface area contributed by atoms with Gasteiger partial charge in [-0.3, -0.25) is 0 Å². The fraction of sp³-hybridized carbons (Fsp3) is 0.571. The molecule has 1 atom stereocenters. The van der Waals surface area contributed by atoms with E-state index in [1.54, 1.807) is 7.11 Å². The molecule has 2 heteroatoms. The van der Waals surface area contributed by atoms with E-state index in [4.69, 9.17) is 4.74 Å². The smallest absolute Gasteiger partial charge is 0.119 e. The van der Waals surface area contributed by atoms with Gasteiger partial charge >= 0.3 is 0 Å².